The molecule has 0 aromatic carbocycles. The van der Waals surface area contributed by atoms with Crippen molar-refractivity contribution >= 4 is 5.97 Å². The van der Waals surface area contributed by atoms with E-state index in [1.54, 1.807) is 12.7 Å². The van der Waals surface area contributed by atoms with Crippen LogP contribution in [0.3, 0.4) is 0 Å². The summed E-state index contributed by atoms with van der Waals surface area (Å²) < 4.78 is 21.2. The number of hydrogen-bond acceptors (Lipinski definition) is 10. The van der Waals surface area contributed by atoms with Crippen LogP contribution in [0.4, 0.5) is 0 Å². The highest BCUT2D eigenvalue weighted by Gasteiger charge is 2.72. The fourth-order valence-electron chi connectivity index (χ4n) is 12.8. The maximum atomic E-state index is 13.4. The van der Waals surface area contributed by atoms with Crippen LogP contribution in [0.1, 0.15) is 93.0 Å². The number of fused-ring (bicyclic) bond motifs is 3. The van der Waals surface area contributed by atoms with Gasteiger partial charge in [-0.2, -0.15) is 0 Å². The number of rotatable bonds is 7. The number of aliphatic carboxylic acids is 1. The van der Waals surface area contributed by atoms with E-state index in [9.17, 15) is 30.3 Å². The number of nitrogens with zero attached hydrogens (tertiary/aromatic N) is 3. The topological polar surface area (TPSA) is 177 Å². The van der Waals surface area contributed by atoms with Crippen molar-refractivity contribution in [3.63, 3.8) is 0 Å². The average molecular weight is 702 g/mol. The summed E-state index contributed by atoms with van der Waals surface area (Å²) in [4.78, 5) is 13.4. The molecule has 3 heterocycles. The van der Waals surface area contributed by atoms with Crippen LogP contribution in [0, 0.1) is 56.7 Å². The predicted molar refractivity (Wildman–Crippen MR) is 181 cm³/mol. The second kappa shape index (κ2) is 12.3. The lowest BCUT2D eigenvalue weighted by molar-refractivity contribution is -0.343. The summed E-state index contributed by atoms with van der Waals surface area (Å²) >= 11 is 0. The first-order chi connectivity index (χ1) is 23.5. The van der Waals surface area contributed by atoms with E-state index in [1.807, 2.05) is 4.57 Å². The summed E-state index contributed by atoms with van der Waals surface area (Å²) in [6.45, 7) is 16.2. The van der Waals surface area contributed by atoms with Crippen LogP contribution in [0.25, 0.3) is 0 Å². The molecular formula is C38H59N3O9. The van der Waals surface area contributed by atoms with Crippen molar-refractivity contribution < 1.29 is 44.5 Å². The van der Waals surface area contributed by atoms with E-state index in [-0.39, 0.29) is 40.0 Å². The Morgan fingerprint density at radius 3 is 2.34 bits per heavy atom. The first-order valence-electron chi connectivity index (χ1n) is 18.8. The lowest BCUT2D eigenvalue weighted by atomic mass is 9.34. The van der Waals surface area contributed by atoms with Crippen molar-refractivity contribution in [2.75, 3.05) is 19.8 Å². The highest BCUT2D eigenvalue weighted by molar-refractivity contribution is 5.73. The third-order valence-electron chi connectivity index (χ3n) is 16.0. The molecular weight excluding hydrogens is 642 g/mol. The van der Waals surface area contributed by atoms with Crippen molar-refractivity contribution in [1.29, 1.82) is 0 Å². The lowest BCUT2D eigenvalue weighted by Gasteiger charge is -2.71. The van der Waals surface area contributed by atoms with E-state index in [1.165, 1.54) is 5.57 Å². The molecule has 0 amide bonds. The van der Waals surface area contributed by atoms with Gasteiger partial charge in [-0.05, 0) is 78.4 Å². The van der Waals surface area contributed by atoms with Crippen molar-refractivity contribution in [2.24, 2.45) is 56.7 Å². The lowest BCUT2D eigenvalue weighted by Crippen LogP contribution is -2.70. The largest absolute Gasteiger partial charge is 0.481 e. The highest BCUT2D eigenvalue weighted by Crippen LogP contribution is 2.75. The molecule has 5 fully saturated rings. The molecule has 0 radical (unpaired) electrons. The number of carbonyl (C=O) groups is 1. The Hall–Kier alpha value is -1.93. The molecule has 0 unspecified atom stereocenters. The van der Waals surface area contributed by atoms with Crippen molar-refractivity contribution in [2.45, 2.75) is 130 Å². The molecule has 2 bridgehead atoms. The number of aliphatic hydroxyl groups is 4. The molecule has 3 saturated carbocycles. The van der Waals surface area contributed by atoms with Crippen molar-refractivity contribution in [3.05, 3.63) is 24.3 Å². The van der Waals surface area contributed by atoms with Gasteiger partial charge < -0.3 is 44.3 Å². The highest BCUT2D eigenvalue weighted by atomic mass is 16.7. The van der Waals surface area contributed by atoms with Crippen LogP contribution in [0.15, 0.2) is 24.3 Å². The summed E-state index contributed by atoms with van der Waals surface area (Å²) in [7, 11) is 0. The molecule has 2 saturated heterocycles. The number of carboxylic acid groups (broad SMARTS) is 1. The molecule has 0 spiro atoms. The van der Waals surface area contributed by atoms with E-state index in [2.05, 4.69) is 64.7 Å². The minimum absolute atomic E-state index is 0.159. The van der Waals surface area contributed by atoms with Gasteiger partial charge in [0.15, 0.2) is 6.29 Å². The second-order valence-corrected chi connectivity index (χ2v) is 18.3. The fourth-order valence-corrected chi connectivity index (χ4v) is 12.8. The van der Waals surface area contributed by atoms with Crippen LogP contribution in [-0.2, 0) is 19.0 Å². The number of hydrogen-bond donors (Lipinski definition) is 5. The number of carboxylic acids is 1. The Morgan fingerprint density at radius 1 is 1.00 bits per heavy atom. The maximum Gasteiger partial charge on any atom is 0.307 e. The van der Waals surface area contributed by atoms with E-state index >= 15 is 0 Å². The fraction of sp³-hybridized carbons (Fsp3) is 0.868. The van der Waals surface area contributed by atoms with Gasteiger partial charge >= 0.3 is 5.97 Å². The molecule has 1 aromatic heterocycles. The first kappa shape index (κ1) is 36.4. The standard InChI is InChI=1S/C38H59N3O9/c1-20(2)21(3)34(4)12-13-36(6)22-8-9-26-35(5)16-48-17-38(26,23(22)10-11-37(36,7)30(34)32(46)47)14-24(41-18-39-40-19-41)31(35)50-33-29(45)28(44)27(43)25(15-42)49-33/h10,18-22,24-31,33,42-45H,8-9,11-17H2,1-7H3,(H,46,47)/t21-,22+,24-,25-,26+,27-,28+,29-,30-,31+,33+,34-,35+,36-,37+,38+/m1/s1. The summed E-state index contributed by atoms with van der Waals surface area (Å²) in [6.07, 6.45) is 3.36. The van der Waals surface area contributed by atoms with Gasteiger partial charge in [0, 0.05) is 10.8 Å². The monoisotopic (exact) mass is 701 g/mol. The molecule has 50 heavy (non-hydrogen) atoms. The van der Waals surface area contributed by atoms with Gasteiger partial charge in [0.2, 0.25) is 0 Å². The van der Waals surface area contributed by atoms with Crippen molar-refractivity contribution in [1.82, 2.24) is 14.8 Å². The number of aliphatic hydroxyl groups excluding tert-OH is 4. The van der Waals surface area contributed by atoms with Gasteiger partial charge in [-0.1, -0.05) is 60.1 Å². The number of allylic oxidation sites excluding steroid dienone is 1. The van der Waals surface area contributed by atoms with E-state index < -0.39 is 66.1 Å². The molecule has 7 rings (SSSR count). The molecule has 12 nitrogen and oxygen atoms in total. The Bertz CT molecular complexity index is 1470. The van der Waals surface area contributed by atoms with Crippen LogP contribution < -0.4 is 0 Å². The van der Waals surface area contributed by atoms with Crippen LogP contribution >= 0.6 is 0 Å². The van der Waals surface area contributed by atoms with Crippen LogP contribution in [0.2, 0.25) is 0 Å². The summed E-state index contributed by atoms with van der Waals surface area (Å²) in [6, 6.07) is -0.281. The maximum absolute atomic E-state index is 13.4. The first-order valence-corrected chi connectivity index (χ1v) is 18.8. The third kappa shape index (κ3) is 4.84. The molecule has 5 N–H and O–H groups in total. The zero-order chi connectivity index (χ0) is 36.2. The van der Waals surface area contributed by atoms with Gasteiger partial charge in [0.05, 0.1) is 37.9 Å². The van der Waals surface area contributed by atoms with Gasteiger partial charge in [-0.3, -0.25) is 4.79 Å². The molecule has 4 aliphatic carbocycles. The molecule has 12 heteroatoms. The Balaban J connectivity index is 1.29. The van der Waals surface area contributed by atoms with Gasteiger partial charge in [0.1, 0.15) is 37.1 Å². The summed E-state index contributed by atoms with van der Waals surface area (Å²) in [5, 5.41) is 61.3. The Morgan fingerprint density at radius 2 is 1.70 bits per heavy atom. The minimum Gasteiger partial charge on any atom is -0.481 e. The smallest absolute Gasteiger partial charge is 0.307 e. The van der Waals surface area contributed by atoms with E-state index in [0.29, 0.717) is 32.0 Å². The zero-order valence-corrected chi connectivity index (χ0v) is 30.7. The number of aromatic nitrogens is 3. The SMILES string of the molecule is CC(C)[C@@H](C)[C@@]1(C)CC[C@]2(C)[C@H]3CC[C@@H]4[C@@]5(COC[C@]4(C)[C@@H](O[C@@H]4O[C@H](CO)[C@@H](O)[C@H](O)[C@H]4O)[C@H](n4cnnc4)C5)C3=CC[C@@]2(C)[C@@H]1C(=O)O. The third-order valence-corrected chi connectivity index (χ3v) is 16.0. The molecule has 280 valence electrons. The van der Waals surface area contributed by atoms with Crippen molar-refractivity contribution in [3.8, 4) is 0 Å². The average Bonchev–Trinajstić information content (AvgIpc) is 3.61. The molecule has 16 atom stereocenters. The normalized spacial score (nSPS) is 50.8. The van der Waals surface area contributed by atoms with Gasteiger partial charge in [-0.25, -0.2) is 0 Å². The van der Waals surface area contributed by atoms with E-state index in [4.69, 9.17) is 14.2 Å². The molecule has 6 aliphatic rings. The summed E-state index contributed by atoms with van der Waals surface area (Å²) in [5.74, 6) is -0.143. The Kier molecular flexibility index (Phi) is 8.97. The molecule has 1 aromatic rings. The minimum atomic E-state index is -1.55. The van der Waals surface area contributed by atoms with Crippen LogP contribution in [0.5, 0.6) is 0 Å². The van der Waals surface area contributed by atoms with Crippen LogP contribution in [-0.4, -0.2) is 103 Å². The van der Waals surface area contributed by atoms with E-state index in [0.717, 1.165) is 25.7 Å². The van der Waals surface area contributed by atoms with Gasteiger partial charge in [0.25, 0.3) is 0 Å². The molecule has 2 aliphatic heterocycles. The van der Waals surface area contributed by atoms with Gasteiger partial charge in [-0.15, -0.1) is 10.2 Å². The predicted octanol–water partition coefficient (Wildman–Crippen LogP) is 3.59. The number of ether oxygens (including phenoxy) is 3. The zero-order valence-electron chi connectivity index (χ0n) is 30.7. The second-order valence-electron chi connectivity index (χ2n) is 18.3. The quantitative estimate of drug-likeness (QED) is 0.208. The Labute approximate surface area is 295 Å². The summed E-state index contributed by atoms with van der Waals surface area (Å²) in [5.41, 5.74) is -0.467.